The Bertz CT molecular complexity index is 1370. The molecule has 5 rings (SSSR count). The third kappa shape index (κ3) is 3.39. The maximum atomic E-state index is 12.6. The fourth-order valence-electron chi connectivity index (χ4n) is 3.01. The summed E-state index contributed by atoms with van der Waals surface area (Å²) in [5.41, 5.74) is 2.39. The number of fused-ring (bicyclic) bond motifs is 2. The van der Waals surface area contributed by atoms with Crippen LogP contribution in [0.15, 0.2) is 64.7 Å². The first-order chi connectivity index (χ1) is 14.2. The number of benzene rings is 1. The van der Waals surface area contributed by atoms with Gasteiger partial charge in [0.1, 0.15) is 16.3 Å². The smallest absolute Gasteiger partial charge is 0.268 e. The van der Waals surface area contributed by atoms with Crippen LogP contribution in [0, 0.1) is 0 Å². The standard InChI is InChI=1S/C20H15N5O2S2/c1-27-13-7-5-12(6-8-13)15-10-14-18(29-15)19(26)22-16(21-14)11-28-20-24-23-17-4-2-3-9-25(17)20/h2-10H,11H2,1H3,(H,21,22,26). The van der Waals surface area contributed by atoms with Gasteiger partial charge in [0.15, 0.2) is 10.8 Å². The van der Waals surface area contributed by atoms with E-state index in [0.29, 0.717) is 21.8 Å². The highest BCUT2D eigenvalue weighted by molar-refractivity contribution is 7.98. The zero-order chi connectivity index (χ0) is 19.8. The van der Waals surface area contributed by atoms with Crippen molar-refractivity contribution in [3.8, 4) is 16.2 Å². The van der Waals surface area contributed by atoms with Crippen molar-refractivity contribution in [1.29, 1.82) is 0 Å². The summed E-state index contributed by atoms with van der Waals surface area (Å²) < 4.78 is 7.74. The number of hydrogen-bond acceptors (Lipinski definition) is 7. The Kier molecular flexibility index (Phi) is 4.53. The number of methoxy groups -OCH3 is 1. The molecule has 4 aromatic heterocycles. The molecule has 1 aromatic carbocycles. The number of aromatic nitrogens is 5. The molecule has 0 spiro atoms. The number of ether oxygens (including phenoxy) is 1. The number of nitrogens with zero attached hydrogens (tertiary/aromatic N) is 4. The summed E-state index contributed by atoms with van der Waals surface area (Å²) in [6.45, 7) is 0. The minimum Gasteiger partial charge on any atom is -0.497 e. The Morgan fingerprint density at radius 2 is 2.03 bits per heavy atom. The molecule has 0 saturated carbocycles. The van der Waals surface area contributed by atoms with E-state index in [9.17, 15) is 4.79 Å². The molecule has 0 fully saturated rings. The van der Waals surface area contributed by atoms with Gasteiger partial charge < -0.3 is 9.72 Å². The van der Waals surface area contributed by atoms with Crippen molar-refractivity contribution in [3.63, 3.8) is 0 Å². The highest BCUT2D eigenvalue weighted by Gasteiger charge is 2.12. The van der Waals surface area contributed by atoms with E-state index in [2.05, 4.69) is 20.2 Å². The van der Waals surface area contributed by atoms with Crippen LogP contribution in [0.25, 0.3) is 26.3 Å². The van der Waals surface area contributed by atoms with Crippen LogP contribution in [-0.2, 0) is 5.75 Å². The molecule has 0 unspecified atom stereocenters. The zero-order valence-electron chi connectivity index (χ0n) is 15.3. The first-order valence-corrected chi connectivity index (χ1v) is 10.6. The van der Waals surface area contributed by atoms with E-state index >= 15 is 0 Å². The van der Waals surface area contributed by atoms with Crippen LogP contribution in [0.3, 0.4) is 0 Å². The van der Waals surface area contributed by atoms with Crippen molar-refractivity contribution < 1.29 is 4.74 Å². The van der Waals surface area contributed by atoms with Gasteiger partial charge in [-0.15, -0.1) is 21.5 Å². The second-order valence-electron chi connectivity index (χ2n) is 6.27. The van der Waals surface area contributed by atoms with E-state index in [1.165, 1.54) is 23.1 Å². The summed E-state index contributed by atoms with van der Waals surface area (Å²) in [6, 6.07) is 15.5. The molecule has 0 atom stereocenters. The predicted octanol–water partition coefficient (Wildman–Crippen LogP) is 4.00. The number of pyridine rings is 1. The molecule has 0 aliphatic heterocycles. The van der Waals surface area contributed by atoms with Gasteiger partial charge in [0.25, 0.3) is 5.56 Å². The van der Waals surface area contributed by atoms with Crippen LogP contribution in [0.5, 0.6) is 5.75 Å². The highest BCUT2D eigenvalue weighted by Crippen LogP contribution is 2.32. The molecule has 0 bridgehead atoms. The van der Waals surface area contributed by atoms with E-state index in [1.807, 2.05) is 59.1 Å². The number of aromatic amines is 1. The second-order valence-corrected chi connectivity index (χ2v) is 8.26. The molecular formula is C20H15N5O2S2. The van der Waals surface area contributed by atoms with Gasteiger partial charge in [-0.1, -0.05) is 17.8 Å². The van der Waals surface area contributed by atoms with Gasteiger partial charge in [-0.2, -0.15) is 0 Å². The van der Waals surface area contributed by atoms with Crippen molar-refractivity contribution >= 4 is 39.0 Å². The summed E-state index contributed by atoms with van der Waals surface area (Å²) in [7, 11) is 1.64. The van der Waals surface area contributed by atoms with Gasteiger partial charge >= 0.3 is 0 Å². The van der Waals surface area contributed by atoms with Crippen LogP contribution < -0.4 is 10.3 Å². The fourth-order valence-corrected chi connectivity index (χ4v) is 4.80. The summed E-state index contributed by atoms with van der Waals surface area (Å²) in [4.78, 5) is 21.1. The SMILES string of the molecule is COc1ccc(-c2cc3nc(CSc4nnc5ccccn45)[nH]c(=O)c3s2)cc1. The normalized spacial score (nSPS) is 11.3. The molecular weight excluding hydrogens is 406 g/mol. The van der Waals surface area contributed by atoms with Crippen LogP contribution in [-0.4, -0.2) is 31.7 Å². The lowest BCUT2D eigenvalue weighted by atomic mass is 10.2. The lowest BCUT2D eigenvalue weighted by molar-refractivity contribution is 0.415. The van der Waals surface area contributed by atoms with Gasteiger partial charge in [-0.05, 0) is 48.0 Å². The number of H-pyrrole nitrogens is 1. The third-order valence-corrected chi connectivity index (χ3v) is 6.55. The van der Waals surface area contributed by atoms with Crippen molar-refractivity contribution in [2.45, 2.75) is 10.9 Å². The topological polar surface area (TPSA) is 85.2 Å². The summed E-state index contributed by atoms with van der Waals surface area (Å²) in [6.07, 6.45) is 1.91. The molecule has 0 saturated heterocycles. The van der Waals surface area contributed by atoms with Gasteiger partial charge in [0.05, 0.1) is 18.4 Å². The Labute approximate surface area is 173 Å². The molecule has 0 amide bonds. The predicted molar refractivity (Wildman–Crippen MR) is 115 cm³/mol. The van der Waals surface area contributed by atoms with Gasteiger partial charge in [0.2, 0.25) is 0 Å². The van der Waals surface area contributed by atoms with Crippen LogP contribution in [0.2, 0.25) is 0 Å². The lowest BCUT2D eigenvalue weighted by Crippen LogP contribution is -2.09. The number of nitrogens with one attached hydrogen (secondary N) is 1. The van der Waals surface area contributed by atoms with E-state index in [0.717, 1.165) is 27.0 Å². The van der Waals surface area contributed by atoms with E-state index < -0.39 is 0 Å². The van der Waals surface area contributed by atoms with Gasteiger partial charge in [0, 0.05) is 11.1 Å². The van der Waals surface area contributed by atoms with Gasteiger partial charge in [-0.3, -0.25) is 9.20 Å². The number of hydrogen-bond donors (Lipinski definition) is 1. The van der Waals surface area contributed by atoms with Gasteiger partial charge in [-0.25, -0.2) is 4.98 Å². The van der Waals surface area contributed by atoms with E-state index in [1.54, 1.807) is 7.11 Å². The van der Waals surface area contributed by atoms with Crippen molar-refractivity contribution in [2.24, 2.45) is 0 Å². The highest BCUT2D eigenvalue weighted by atomic mass is 32.2. The molecule has 9 heteroatoms. The molecule has 1 N–H and O–H groups in total. The van der Waals surface area contributed by atoms with Crippen molar-refractivity contribution in [1.82, 2.24) is 24.6 Å². The summed E-state index contributed by atoms with van der Waals surface area (Å²) in [5, 5.41) is 9.10. The zero-order valence-corrected chi connectivity index (χ0v) is 17.0. The minimum atomic E-state index is -0.124. The van der Waals surface area contributed by atoms with Crippen LogP contribution >= 0.6 is 23.1 Å². The number of thiophene rings is 1. The summed E-state index contributed by atoms with van der Waals surface area (Å²) in [5.74, 6) is 1.90. The largest absolute Gasteiger partial charge is 0.497 e. The number of rotatable bonds is 5. The molecule has 5 aromatic rings. The quantitative estimate of drug-likeness (QED) is 0.432. The molecule has 144 valence electrons. The number of thioether (sulfide) groups is 1. The Balaban J connectivity index is 1.44. The average molecular weight is 422 g/mol. The maximum Gasteiger partial charge on any atom is 0.268 e. The Morgan fingerprint density at radius 3 is 2.86 bits per heavy atom. The first-order valence-electron chi connectivity index (χ1n) is 8.81. The molecule has 0 radical (unpaired) electrons. The minimum absolute atomic E-state index is 0.124. The van der Waals surface area contributed by atoms with E-state index in [4.69, 9.17) is 4.74 Å². The lowest BCUT2D eigenvalue weighted by Gasteiger charge is -2.00. The van der Waals surface area contributed by atoms with Crippen molar-refractivity contribution in [3.05, 3.63) is 70.9 Å². The van der Waals surface area contributed by atoms with Crippen LogP contribution in [0.4, 0.5) is 0 Å². The first kappa shape index (κ1) is 17.9. The maximum absolute atomic E-state index is 12.6. The average Bonchev–Trinajstić information content (AvgIpc) is 3.37. The van der Waals surface area contributed by atoms with E-state index in [-0.39, 0.29) is 5.56 Å². The van der Waals surface area contributed by atoms with Crippen LogP contribution in [0.1, 0.15) is 5.82 Å². The molecule has 4 heterocycles. The Morgan fingerprint density at radius 1 is 1.17 bits per heavy atom. The monoisotopic (exact) mass is 421 g/mol. The third-order valence-electron chi connectivity index (χ3n) is 4.43. The fraction of sp³-hybridized carbons (Fsp3) is 0.100. The molecule has 0 aliphatic rings. The molecule has 7 nitrogen and oxygen atoms in total. The van der Waals surface area contributed by atoms with Crippen molar-refractivity contribution in [2.75, 3.05) is 7.11 Å². The molecule has 29 heavy (non-hydrogen) atoms. The second kappa shape index (κ2) is 7.34. The molecule has 0 aliphatic carbocycles. The summed E-state index contributed by atoms with van der Waals surface area (Å²) >= 11 is 2.92. The Hall–Kier alpha value is -3.17.